The Balaban J connectivity index is 2.11. The van der Waals surface area contributed by atoms with Crippen LogP contribution in [0.2, 0.25) is 0 Å². The van der Waals surface area contributed by atoms with E-state index in [0.717, 1.165) is 11.4 Å². The van der Waals surface area contributed by atoms with Crippen LogP contribution in [0.1, 0.15) is 18.4 Å². The van der Waals surface area contributed by atoms with Gasteiger partial charge in [-0.2, -0.15) is 0 Å². The molecule has 0 aliphatic carbocycles. The van der Waals surface area contributed by atoms with E-state index in [9.17, 15) is 8.78 Å². The number of piperidine rings is 1. The normalized spacial score (nSPS) is 20.3. The molecule has 82 valence electrons. The molecular weight excluding hydrogens is 200 g/mol. The minimum atomic E-state index is -2.50. The van der Waals surface area contributed by atoms with Crippen molar-refractivity contribution in [3.05, 3.63) is 18.1 Å². The highest BCUT2D eigenvalue weighted by atomic mass is 19.3. The highest BCUT2D eigenvalue weighted by Crippen LogP contribution is 2.30. The molecule has 2 rings (SSSR count). The second-order valence-corrected chi connectivity index (χ2v) is 3.87. The Kier molecular flexibility index (Phi) is 2.54. The Morgan fingerprint density at radius 3 is 2.60 bits per heavy atom. The van der Waals surface area contributed by atoms with Crippen LogP contribution in [0.15, 0.2) is 12.5 Å². The van der Waals surface area contributed by atoms with Crippen LogP contribution in [0.5, 0.6) is 0 Å². The van der Waals surface area contributed by atoms with Crippen molar-refractivity contribution in [2.45, 2.75) is 25.7 Å². The minimum absolute atomic E-state index is 0.0869. The van der Waals surface area contributed by atoms with E-state index in [1.54, 1.807) is 6.20 Å². The maximum atomic E-state index is 12.9. The molecule has 0 amide bonds. The van der Waals surface area contributed by atoms with Gasteiger partial charge in [0.05, 0.1) is 0 Å². The van der Waals surface area contributed by atoms with Crippen LogP contribution in [0, 0.1) is 6.92 Å². The van der Waals surface area contributed by atoms with Crippen LogP contribution in [-0.4, -0.2) is 29.0 Å². The molecule has 5 heteroatoms. The van der Waals surface area contributed by atoms with E-state index in [2.05, 4.69) is 9.97 Å². The molecule has 0 bridgehead atoms. The summed E-state index contributed by atoms with van der Waals surface area (Å²) in [4.78, 5) is 9.90. The average molecular weight is 213 g/mol. The Bertz CT molecular complexity index is 344. The predicted octanol–water partition coefficient (Wildman–Crippen LogP) is 2.02. The van der Waals surface area contributed by atoms with E-state index in [4.69, 9.17) is 0 Å². The quantitative estimate of drug-likeness (QED) is 0.714. The number of aromatic nitrogens is 2. The second kappa shape index (κ2) is 3.72. The molecule has 0 unspecified atom stereocenters. The molecule has 1 saturated heterocycles. The smallest absolute Gasteiger partial charge is 0.251 e. The largest absolute Gasteiger partial charge is 0.356 e. The van der Waals surface area contributed by atoms with Crippen LogP contribution in [0.3, 0.4) is 0 Å². The summed E-state index contributed by atoms with van der Waals surface area (Å²) in [5.74, 6) is -1.72. The molecule has 0 atom stereocenters. The van der Waals surface area contributed by atoms with Crippen LogP contribution in [0.4, 0.5) is 14.6 Å². The maximum absolute atomic E-state index is 12.9. The van der Waals surface area contributed by atoms with Gasteiger partial charge in [0.2, 0.25) is 0 Å². The molecule has 0 aromatic carbocycles. The van der Waals surface area contributed by atoms with Crippen molar-refractivity contribution in [3.8, 4) is 0 Å². The molecule has 1 aliphatic heterocycles. The minimum Gasteiger partial charge on any atom is -0.356 e. The van der Waals surface area contributed by atoms with Crippen LogP contribution in [-0.2, 0) is 0 Å². The second-order valence-electron chi connectivity index (χ2n) is 3.87. The number of hydrogen-bond donors (Lipinski definition) is 0. The van der Waals surface area contributed by atoms with Crippen molar-refractivity contribution < 1.29 is 8.78 Å². The van der Waals surface area contributed by atoms with Crippen molar-refractivity contribution >= 4 is 5.82 Å². The third-order valence-corrected chi connectivity index (χ3v) is 2.66. The first-order valence-corrected chi connectivity index (χ1v) is 4.98. The SMILES string of the molecule is Cc1cncnc1N1CCC(F)(F)CC1. The first-order chi connectivity index (χ1) is 7.08. The third kappa shape index (κ3) is 2.22. The average Bonchev–Trinajstić information content (AvgIpc) is 2.19. The number of rotatable bonds is 1. The van der Waals surface area contributed by atoms with Crippen LogP contribution < -0.4 is 4.90 Å². The van der Waals surface area contributed by atoms with Crippen LogP contribution >= 0.6 is 0 Å². The summed E-state index contributed by atoms with van der Waals surface area (Å²) in [5, 5.41) is 0. The van der Waals surface area contributed by atoms with E-state index in [0.29, 0.717) is 13.1 Å². The standard InChI is InChI=1S/C10H13F2N3/c1-8-6-13-7-14-9(8)15-4-2-10(11,12)3-5-15/h6-7H,2-5H2,1H3. The van der Waals surface area contributed by atoms with Gasteiger partial charge in [-0.05, 0) is 6.92 Å². The summed E-state index contributed by atoms with van der Waals surface area (Å²) in [6.45, 7) is 2.62. The van der Waals surface area contributed by atoms with Gasteiger partial charge in [-0.15, -0.1) is 0 Å². The number of nitrogens with zero attached hydrogens (tertiary/aromatic N) is 3. The highest BCUT2D eigenvalue weighted by molar-refractivity contribution is 5.44. The number of anilines is 1. The van der Waals surface area contributed by atoms with Gasteiger partial charge in [-0.25, -0.2) is 18.7 Å². The zero-order chi connectivity index (χ0) is 10.9. The van der Waals surface area contributed by atoms with Crippen LogP contribution in [0.25, 0.3) is 0 Å². The van der Waals surface area contributed by atoms with E-state index in [1.165, 1.54) is 6.33 Å². The van der Waals surface area contributed by atoms with E-state index in [1.807, 2.05) is 11.8 Å². The summed E-state index contributed by atoms with van der Waals surface area (Å²) in [6, 6.07) is 0. The van der Waals surface area contributed by atoms with Gasteiger partial charge >= 0.3 is 0 Å². The molecule has 0 N–H and O–H groups in total. The lowest BCUT2D eigenvalue weighted by molar-refractivity contribution is -0.0221. The van der Waals surface area contributed by atoms with Gasteiger partial charge in [-0.3, -0.25) is 0 Å². The van der Waals surface area contributed by atoms with Gasteiger partial charge in [0, 0.05) is 37.7 Å². The predicted molar refractivity (Wildman–Crippen MR) is 53.2 cm³/mol. The van der Waals surface area contributed by atoms with Gasteiger partial charge in [0.15, 0.2) is 0 Å². The zero-order valence-corrected chi connectivity index (χ0v) is 8.58. The molecule has 0 radical (unpaired) electrons. The molecule has 2 heterocycles. The molecule has 1 aromatic heterocycles. The van der Waals surface area contributed by atoms with Gasteiger partial charge in [0.1, 0.15) is 12.1 Å². The van der Waals surface area contributed by atoms with E-state index < -0.39 is 5.92 Å². The third-order valence-electron chi connectivity index (χ3n) is 2.66. The number of halogens is 2. The summed E-state index contributed by atoms with van der Waals surface area (Å²) in [6.07, 6.45) is 2.98. The lowest BCUT2D eigenvalue weighted by atomic mass is 10.1. The van der Waals surface area contributed by atoms with Crippen molar-refractivity contribution in [3.63, 3.8) is 0 Å². The number of alkyl halides is 2. The molecule has 1 aromatic rings. The molecule has 1 aliphatic rings. The number of hydrogen-bond acceptors (Lipinski definition) is 3. The lowest BCUT2D eigenvalue weighted by Gasteiger charge is -2.33. The molecule has 0 spiro atoms. The van der Waals surface area contributed by atoms with Crippen molar-refractivity contribution in [2.75, 3.05) is 18.0 Å². The number of aryl methyl sites for hydroxylation is 1. The molecule has 0 saturated carbocycles. The lowest BCUT2D eigenvalue weighted by Crippen LogP contribution is -2.40. The summed E-state index contributed by atoms with van der Waals surface area (Å²) >= 11 is 0. The fourth-order valence-electron chi connectivity index (χ4n) is 1.77. The van der Waals surface area contributed by atoms with Crippen molar-refractivity contribution in [1.29, 1.82) is 0 Å². The van der Waals surface area contributed by atoms with Gasteiger partial charge < -0.3 is 4.90 Å². The Morgan fingerprint density at radius 2 is 2.00 bits per heavy atom. The maximum Gasteiger partial charge on any atom is 0.251 e. The summed E-state index contributed by atoms with van der Waals surface area (Å²) < 4.78 is 25.9. The fraction of sp³-hybridized carbons (Fsp3) is 0.600. The van der Waals surface area contributed by atoms with Crippen molar-refractivity contribution in [2.24, 2.45) is 0 Å². The molecular formula is C10H13F2N3. The first kappa shape index (κ1) is 10.3. The Labute approximate surface area is 87.1 Å². The highest BCUT2D eigenvalue weighted by Gasteiger charge is 2.34. The topological polar surface area (TPSA) is 29.0 Å². The Hall–Kier alpha value is -1.26. The monoisotopic (exact) mass is 213 g/mol. The molecule has 1 fully saturated rings. The van der Waals surface area contributed by atoms with E-state index in [-0.39, 0.29) is 12.8 Å². The fourth-order valence-corrected chi connectivity index (χ4v) is 1.77. The van der Waals surface area contributed by atoms with Gasteiger partial charge in [0.25, 0.3) is 5.92 Å². The summed E-state index contributed by atoms with van der Waals surface area (Å²) in [5.41, 5.74) is 0.933. The Morgan fingerprint density at radius 1 is 1.33 bits per heavy atom. The van der Waals surface area contributed by atoms with E-state index >= 15 is 0 Å². The first-order valence-electron chi connectivity index (χ1n) is 4.98. The molecule has 3 nitrogen and oxygen atoms in total. The van der Waals surface area contributed by atoms with Crippen molar-refractivity contribution in [1.82, 2.24) is 9.97 Å². The summed E-state index contributed by atoms with van der Waals surface area (Å²) in [7, 11) is 0. The van der Waals surface area contributed by atoms with Gasteiger partial charge in [-0.1, -0.05) is 0 Å². The zero-order valence-electron chi connectivity index (χ0n) is 8.58. The molecule has 15 heavy (non-hydrogen) atoms.